The predicted octanol–water partition coefficient (Wildman–Crippen LogP) is 1.32. The summed E-state index contributed by atoms with van der Waals surface area (Å²) in [5, 5.41) is 0. The summed E-state index contributed by atoms with van der Waals surface area (Å²) in [6.45, 7) is -0.801. The van der Waals surface area contributed by atoms with Crippen LogP contribution in [0.25, 0.3) is 0 Å². The maximum Gasteiger partial charge on any atom is 0.344 e. The second-order valence-corrected chi connectivity index (χ2v) is 5.30. The number of para-hydroxylation sites is 1. The summed E-state index contributed by atoms with van der Waals surface area (Å²) in [5.74, 6) is -0.632. The van der Waals surface area contributed by atoms with Crippen LogP contribution >= 0.6 is 0 Å². The average molecular weight is 357 g/mol. The Morgan fingerprint density at radius 2 is 1.77 bits per heavy atom. The molecular weight excluding hydrogens is 342 g/mol. The van der Waals surface area contributed by atoms with Crippen molar-refractivity contribution in [1.82, 2.24) is 0 Å². The van der Waals surface area contributed by atoms with E-state index >= 15 is 0 Å². The summed E-state index contributed by atoms with van der Waals surface area (Å²) in [4.78, 5) is 35.1. The van der Waals surface area contributed by atoms with Crippen molar-refractivity contribution < 1.29 is 33.3 Å². The van der Waals surface area contributed by atoms with E-state index in [0.29, 0.717) is 17.1 Å². The third kappa shape index (κ3) is 3.92. The summed E-state index contributed by atoms with van der Waals surface area (Å²) in [6, 6.07) is 10.9. The summed E-state index contributed by atoms with van der Waals surface area (Å²) in [7, 11) is 0. The first-order valence-electron chi connectivity index (χ1n) is 7.64. The number of nitrogens with two attached hydrogens (primary N) is 1. The smallest absolute Gasteiger partial charge is 0.344 e. The largest absolute Gasteiger partial charge is 0.481 e. The van der Waals surface area contributed by atoms with Crippen molar-refractivity contribution >= 4 is 17.7 Å². The Bertz CT molecular complexity index is 862. The molecule has 134 valence electrons. The van der Waals surface area contributed by atoms with Crippen molar-refractivity contribution in [2.24, 2.45) is 5.73 Å². The maximum atomic E-state index is 12.1. The number of Topliss-reactive ketones (excluding diaryl/α,β-unsaturated/α-hetero) is 1. The van der Waals surface area contributed by atoms with Crippen molar-refractivity contribution in [3.8, 4) is 17.2 Å². The zero-order valence-corrected chi connectivity index (χ0v) is 13.6. The lowest BCUT2D eigenvalue weighted by atomic mass is 10.1. The van der Waals surface area contributed by atoms with Gasteiger partial charge in [-0.15, -0.1) is 0 Å². The van der Waals surface area contributed by atoms with Gasteiger partial charge in [0, 0.05) is 5.56 Å². The molecule has 0 saturated carbocycles. The summed E-state index contributed by atoms with van der Waals surface area (Å²) >= 11 is 0. The van der Waals surface area contributed by atoms with Crippen LogP contribution in [0.1, 0.15) is 20.7 Å². The van der Waals surface area contributed by atoms with E-state index in [1.165, 1.54) is 18.2 Å². The van der Waals surface area contributed by atoms with E-state index in [1.54, 1.807) is 24.3 Å². The normalized spacial score (nSPS) is 11.7. The minimum Gasteiger partial charge on any atom is -0.481 e. The molecule has 2 aromatic carbocycles. The third-order valence-electron chi connectivity index (χ3n) is 3.56. The van der Waals surface area contributed by atoms with Crippen molar-refractivity contribution in [2.75, 3.05) is 20.0 Å². The molecule has 2 aromatic rings. The zero-order valence-electron chi connectivity index (χ0n) is 13.6. The molecule has 0 atom stereocenters. The van der Waals surface area contributed by atoms with Gasteiger partial charge in [0.2, 0.25) is 6.79 Å². The molecule has 0 aromatic heterocycles. The number of rotatable bonds is 7. The average Bonchev–Trinajstić information content (AvgIpc) is 3.12. The molecule has 0 unspecified atom stereocenters. The first-order chi connectivity index (χ1) is 12.5. The number of fused-ring (bicyclic) bond motifs is 1. The fourth-order valence-corrected chi connectivity index (χ4v) is 2.27. The minimum absolute atomic E-state index is 0.103. The van der Waals surface area contributed by atoms with Crippen LogP contribution in [-0.2, 0) is 9.53 Å². The van der Waals surface area contributed by atoms with Crippen molar-refractivity contribution in [3.63, 3.8) is 0 Å². The highest BCUT2D eigenvalue weighted by atomic mass is 16.7. The van der Waals surface area contributed by atoms with E-state index in [0.717, 1.165) is 0 Å². The van der Waals surface area contributed by atoms with E-state index < -0.39 is 30.9 Å². The number of carbonyl (C=O) groups is 3. The van der Waals surface area contributed by atoms with Crippen LogP contribution in [0.4, 0.5) is 0 Å². The highest BCUT2D eigenvalue weighted by Gasteiger charge is 2.17. The van der Waals surface area contributed by atoms with Gasteiger partial charge in [-0.05, 0) is 30.3 Å². The Balaban J connectivity index is 1.51. The van der Waals surface area contributed by atoms with Crippen molar-refractivity contribution in [2.45, 2.75) is 0 Å². The third-order valence-corrected chi connectivity index (χ3v) is 3.56. The first kappa shape index (κ1) is 17.3. The molecule has 1 heterocycles. The Labute approximate surface area is 148 Å². The zero-order chi connectivity index (χ0) is 18.5. The van der Waals surface area contributed by atoms with Crippen LogP contribution in [0.3, 0.4) is 0 Å². The first-order valence-corrected chi connectivity index (χ1v) is 7.64. The fraction of sp³-hybridized carbons (Fsp3) is 0.167. The van der Waals surface area contributed by atoms with E-state index in [2.05, 4.69) is 0 Å². The summed E-state index contributed by atoms with van der Waals surface area (Å²) in [5.41, 5.74) is 5.71. The van der Waals surface area contributed by atoms with Gasteiger partial charge in [0.05, 0.1) is 5.56 Å². The van der Waals surface area contributed by atoms with Crippen LogP contribution < -0.4 is 19.9 Å². The van der Waals surface area contributed by atoms with Gasteiger partial charge in [-0.25, -0.2) is 4.79 Å². The van der Waals surface area contributed by atoms with Gasteiger partial charge in [-0.2, -0.15) is 0 Å². The van der Waals surface area contributed by atoms with Gasteiger partial charge in [-0.3, -0.25) is 9.59 Å². The molecule has 8 nitrogen and oxygen atoms in total. The summed E-state index contributed by atoms with van der Waals surface area (Å²) in [6.07, 6.45) is 0. The van der Waals surface area contributed by atoms with E-state index in [4.69, 9.17) is 24.7 Å². The number of ether oxygens (including phenoxy) is 4. The van der Waals surface area contributed by atoms with Gasteiger partial charge in [-0.1, -0.05) is 12.1 Å². The highest BCUT2D eigenvalue weighted by molar-refractivity contribution is 5.98. The van der Waals surface area contributed by atoms with Crippen molar-refractivity contribution in [1.29, 1.82) is 0 Å². The van der Waals surface area contributed by atoms with Crippen LogP contribution in [-0.4, -0.2) is 37.7 Å². The second-order valence-electron chi connectivity index (χ2n) is 5.30. The Morgan fingerprint density at radius 1 is 1.00 bits per heavy atom. The van der Waals surface area contributed by atoms with Gasteiger partial charge in [0.15, 0.2) is 30.5 Å². The maximum absolute atomic E-state index is 12.1. The molecule has 1 aliphatic heterocycles. The van der Waals surface area contributed by atoms with Crippen LogP contribution in [0, 0.1) is 0 Å². The number of carbonyl (C=O) groups excluding carboxylic acids is 3. The molecule has 1 aliphatic rings. The molecule has 0 radical (unpaired) electrons. The number of amides is 1. The lowest BCUT2D eigenvalue weighted by molar-refractivity contribution is -0.144. The molecule has 8 heteroatoms. The molecule has 2 N–H and O–H groups in total. The standard InChI is InChI=1S/C18H15NO7/c19-18(22)12-3-1-2-4-14(12)23-9-17(21)24-8-13(20)11-5-6-15-16(7-11)26-10-25-15/h1-7H,8-10H2,(H2,19,22). The van der Waals surface area contributed by atoms with Crippen LogP contribution in [0.15, 0.2) is 42.5 Å². The van der Waals surface area contributed by atoms with Crippen molar-refractivity contribution in [3.05, 3.63) is 53.6 Å². The fourth-order valence-electron chi connectivity index (χ4n) is 2.27. The quantitative estimate of drug-likeness (QED) is 0.587. The highest BCUT2D eigenvalue weighted by Crippen LogP contribution is 2.32. The number of hydrogen-bond acceptors (Lipinski definition) is 7. The second kappa shape index (κ2) is 7.56. The number of ketones is 1. The van der Waals surface area contributed by atoms with E-state index in [1.807, 2.05) is 0 Å². The van der Waals surface area contributed by atoms with Gasteiger partial charge < -0.3 is 24.7 Å². The Kier molecular flexibility index (Phi) is 5.02. The van der Waals surface area contributed by atoms with E-state index in [-0.39, 0.29) is 18.1 Å². The summed E-state index contributed by atoms with van der Waals surface area (Å²) < 4.78 is 20.5. The molecular formula is C18H15NO7. The lowest BCUT2D eigenvalue weighted by Crippen LogP contribution is -2.21. The molecule has 26 heavy (non-hydrogen) atoms. The molecule has 1 amide bonds. The van der Waals surface area contributed by atoms with Gasteiger partial charge in [0.1, 0.15) is 5.75 Å². The monoisotopic (exact) mass is 357 g/mol. The van der Waals surface area contributed by atoms with E-state index in [9.17, 15) is 14.4 Å². The molecule has 3 rings (SSSR count). The van der Waals surface area contributed by atoms with Crippen LogP contribution in [0.2, 0.25) is 0 Å². The predicted molar refractivity (Wildman–Crippen MR) is 88.3 cm³/mol. The minimum atomic E-state index is -0.752. The Morgan fingerprint density at radius 3 is 2.58 bits per heavy atom. The lowest BCUT2D eigenvalue weighted by Gasteiger charge is -2.09. The van der Waals surface area contributed by atoms with Crippen LogP contribution in [0.5, 0.6) is 17.2 Å². The molecule has 0 saturated heterocycles. The van der Waals surface area contributed by atoms with Gasteiger partial charge in [0.25, 0.3) is 5.91 Å². The molecule has 0 fully saturated rings. The SMILES string of the molecule is NC(=O)c1ccccc1OCC(=O)OCC(=O)c1ccc2c(c1)OCO2. The Hall–Kier alpha value is -3.55. The molecule has 0 spiro atoms. The number of primary amides is 1. The molecule has 0 bridgehead atoms. The number of hydrogen-bond donors (Lipinski definition) is 1. The molecule has 0 aliphatic carbocycles. The number of benzene rings is 2. The topological polar surface area (TPSA) is 114 Å². The number of esters is 1. The van der Waals surface area contributed by atoms with Gasteiger partial charge >= 0.3 is 5.97 Å².